The lowest BCUT2D eigenvalue weighted by Crippen LogP contribution is -2.13. The summed E-state index contributed by atoms with van der Waals surface area (Å²) in [7, 11) is 1.43. The molecule has 0 radical (unpaired) electrons. The van der Waals surface area contributed by atoms with Gasteiger partial charge in [0.1, 0.15) is 18.1 Å². The molecular formula is C24H19F2N3O5. The standard InChI is InChI=1S/C24H19F2N3O5/c1-32-21-12-15-19(13-22(21)33-9-8-30)28-7-5-20(15)34-23-16(25)10-14(11-17(23)26)29-24(31)18-4-2-3-6-27-18/h2-7,10-13,30H,8-9H2,1H3,(H,29,31). The molecule has 34 heavy (non-hydrogen) atoms. The summed E-state index contributed by atoms with van der Waals surface area (Å²) in [5, 5.41) is 11.8. The third-order valence-electron chi connectivity index (χ3n) is 4.70. The zero-order valence-corrected chi connectivity index (χ0v) is 17.9. The van der Waals surface area contributed by atoms with Gasteiger partial charge in [-0.25, -0.2) is 8.78 Å². The Morgan fingerprint density at radius 2 is 1.79 bits per heavy atom. The first-order valence-electron chi connectivity index (χ1n) is 10.1. The third-order valence-corrected chi connectivity index (χ3v) is 4.70. The van der Waals surface area contributed by atoms with E-state index in [4.69, 9.17) is 19.3 Å². The predicted octanol–water partition coefficient (Wildman–Crippen LogP) is 4.33. The highest BCUT2D eigenvalue weighted by Crippen LogP contribution is 2.38. The number of nitrogens with zero attached hydrogens (tertiary/aromatic N) is 2. The number of aliphatic hydroxyl groups is 1. The zero-order chi connectivity index (χ0) is 24.1. The van der Waals surface area contributed by atoms with Crippen LogP contribution in [0.25, 0.3) is 10.9 Å². The molecule has 2 heterocycles. The number of hydrogen-bond donors (Lipinski definition) is 2. The number of halogens is 2. The number of carbonyl (C=O) groups excluding carboxylic acids is 1. The SMILES string of the molecule is COc1cc2c(Oc3c(F)cc(NC(=O)c4ccccn4)cc3F)ccnc2cc1OCCO. The number of benzene rings is 2. The molecule has 0 aliphatic heterocycles. The highest BCUT2D eigenvalue weighted by atomic mass is 19.1. The summed E-state index contributed by atoms with van der Waals surface area (Å²) in [6, 6.07) is 11.2. The number of fused-ring (bicyclic) bond motifs is 1. The number of anilines is 1. The van der Waals surface area contributed by atoms with Crippen LogP contribution in [-0.4, -0.2) is 41.3 Å². The van der Waals surface area contributed by atoms with Crippen LogP contribution in [0.5, 0.6) is 23.0 Å². The number of ether oxygens (including phenoxy) is 3. The molecule has 0 atom stereocenters. The molecule has 174 valence electrons. The topological polar surface area (TPSA) is 103 Å². The van der Waals surface area contributed by atoms with Crippen LogP contribution in [0.15, 0.2) is 60.9 Å². The van der Waals surface area contributed by atoms with Crippen LogP contribution >= 0.6 is 0 Å². The summed E-state index contributed by atoms with van der Waals surface area (Å²) >= 11 is 0. The van der Waals surface area contributed by atoms with Gasteiger partial charge in [-0.15, -0.1) is 0 Å². The van der Waals surface area contributed by atoms with E-state index in [0.717, 1.165) is 12.1 Å². The number of rotatable bonds is 8. The van der Waals surface area contributed by atoms with Crippen LogP contribution < -0.4 is 19.5 Å². The van der Waals surface area contributed by atoms with E-state index in [-0.39, 0.29) is 30.3 Å². The molecule has 8 nitrogen and oxygen atoms in total. The molecule has 2 N–H and O–H groups in total. The molecule has 0 aliphatic rings. The van der Waals surface area contributed by atoms with E-state index in [0.29, 0.717) is 22.4 Å². The molecular weight excluding hydrogens is 448 g/mol. The Kier molecular flexibility index (Phi) is 6.79. The Morgan fingerprint density at radius 3 is 2.47 bits per heavy atom. The van der Waals surface area contributed by atoms with E-state index in [1.165, 1.54) is 31.6 Å². The van der Waals surface area contributed by atoms with Gasteiger partial charge in [0.2, 0.25) is 0 Å². The van der Waals surface area contributed by atoms with Crippen molar-refractivity contribution in [2.24, 2.45) is 0 Å². The number of amides is 1. The van der Waals surface area contributed by atoms with E-state index < -0.39 is 23.3 Å². The summed E-state index contributed by atoms with van der Waals surface area (Å²) in [5.74, 6) is -2.50. The van der Waals surface area contributed by atoms with Crippen molar-refractivity contribution in [1.29, 1.82) is 0 Å². The average molecular weight is 467 g/mol. The Bertz CT molecular complexity index is 1310. The molecule has 0 bridgehead atoms. The van der Waals surface area contributed by atoms with Crippen LogP contribution in [0.4, 0.5) is 14.5 Å². The normalized spacial score (nSPS) is 10.7. The van der Waals surface area contributed by atoms with Crippen molar-refractivity contribution in [3.8, 4) is 23.0 Å². The summed E-state index contributed by atoms with van der Waals surface area (Å²) in [5.41, 5.74) is 0.430. The second-order valence-electron chi connectivity index (χ2n) is 6.94. The second-order valence-corrected chi connectivity index (χ2v) is 6.94. The minimum atomic E-state index is -1.02. The number of methoxy groups -OCH3 is 1. The molecule has 0 unspecified atom stereocenters. The van der Waals surface area contributed by atoms with Crippen molar-refractivity contribution in [3.05, 3.63) is 78.3 Å². The molecule has 2 aromatic heterocycles. The van der Waals surface area contributed by atoms with E-state index in [1.54, 1.807) is 24.3 Å². The molecule has 2 aromatic carbocycles. The fourth-order valence-corrected chi connectivity index (χ4v) is 3.18. The lowest BCUT2D eigenvalue weighted by molar-refractivity contribution is 0.102. The summed E-state index contributed by atoms with van der Waals surface area (Å²) < 4.78 is 45.9. The van der Waals surface area contributed by atoms with E-state index in [9.17, 15) is 13.6 Å². The van der Waals surface area contributed by atoms with Gasteiger partial charge < -0.3 is 24.6 Å². The minimum Gasteiger partial charge on any atom is -0.493 e. The van der Waals surface area contributed by atoms with Crippen molar-refractivity contribution in [2.45, 2.75) is 0 Å². The number of nitrogens with one attached hydrogen (secondary N) is 1. The van der Waals surface area contributed by atoms with Crippen molar-refractivity contribution < 1.29 is 32.9 Å². The fraction of sp³-hybridized carbons (Fsp3) is 0.125. The average Bonchev–Trinajstić information content (AvgIpc) is 2.85. The van der Waals surface area contributed by atoms with Crippen molar-refractivity contribution in [1.82, 2.24) is 9.97 Å². The molecule has 0 spiro atoms. The summed E-state index contributed by atoms with van der Waals surface area (Å²) in [4.78, 5) is 20.3. The highest BCUT2D eigenvalue weighted by Gasteiger charge is 2.18. The number of pyridine rings is 2. The van der Waals surface area contributed by atoms with E-state index >= 15 is 0 Å². The Hall–Kier alpha value is -4.31. The number of hydrogen-bond acceptors (Lipinski definition) is 7. The van der Waals surface area contributed by atoms with E-state index in [1.807, 2.05) is 0 Å². The molecule has 0 fully saturated rings. The molecule has 4 rings (SSSR count). The van der Waals surface area contributed by atoms with Gasteiger partial charge in [0.05, 0.1) is 19.2 Å². The second kappa shape index (κ2) is 10.1. The Balaban J connectivity index is 1.63. The first kappa shape index (κ1) is 22.9. The maximum absolute atomic E-state index is 14.8. The predicted molar refractivity (Wildman–Crippen MR) is 119 cm³/mol. The first-order valence-corrected chi connectivity index (χ1v) is 10.1. The molecule has 1 amide bonds. The third kappa shape index (κ3) is 4.86. The van der Waals surface area contributed by atoms with Crippen LogP contribution in [-0.2, 0) is 0 Å². The monoisotopic (exact) mass is 467 g/mol. The Morgan fingerprint density at radius 1 is 1.00 bits per heavy atom. The van der Waals surface area contributed by atoms with Gasteiger partial charge in [-0.2, -0.15) is 0 Å². The fourth-order valence-electron chi connectivity index (χ4n) is 3.18. The molecule has 0 saturated carbocycles. The van der Waals surface area contributed by atoms with Crippen molar-refractivity contribution >= 4 is 22.5 Å². The van der Waals surface area contributed by atoms with Crippen LogP contribution in [0, 0.1) is 11.6 Å². The number of carbonyl (C=O) groups is 1. The van der Waals surface area contributed by atoms with Gasteiger partial charge in [-0.3, -0.25) is 14.8 Å². The lowest BCUT2D eigenvalue weighted by Gasteiger charge is -2.14. The highest BCUT2D eigenvalue weighted by molar-refractivity contribution is 6.02. The minimum absolute atomic E-state index is 0.0533. The van der Waals surface area contributed by atoms with Gasteiger partial charge in [0, 0.05) is 41.7 Å². The smallest absolute Gasteiger partial charge is 0.274 e. The zero-order valence-electron chi connectivity index (χ0n) is 17.9. The molecule has 0 saturated heterocycles. The largest absolute Gasteiger partial charge is 0.493 e. The van der Waals surface area contributed by atoms with Gasteiger partial charge in [-0.1, -0.05) is 6.07 Å². The van der Waals surface area contributed by atoms with Gasteiger partial charge >= 0.3 is 0 Å². The first-order chi connectivity index (χ1) is 16.5. The molecule has 4 aromatic rings. The summed E-state index contributed by atoms with van der Waals surface area (Å²) in [6.07, 6.45) is 2.85. The molecule has 10 heteroatoms. The summed E-state index contributed by atoms with van der Waals surface area (Å²) in [6.45, 7) is -0.133. The number of aromatic nitrogens is 2. The van der Waals surface area contributed by atoms with Gasteiger partial charge in [0.25, 0.3) is 5.91 Å². The van der Waals surface area contributed by atoms with Crippen LogP contribution in [0.3, 0.4) is 0 Å². The number of aliphatic hydroxyl groups excluding tert-OH is 1. The van der Waals surface area contributed by atoms with Crippen molar-refractivity contribution in [3.63, 3.8) is 0 Å². The van der Waals surface area contributed by atoms with Gasteiger partial charge in [0.15, 0.2) is 28.9 Å². The molecule has 0 aliphatic carbocycles. The van der Waals surface area contributed by atoms with E-state index in [2.05, 4.69) is 15.3 Å². The maximum Gasteiger partial charge on any atom is 0.274 e. The van der Waals surface area contributed by atoms with Crippen molar-refractivity contribution in [2.75, 3.05) is 25.6 Å². The van der Waals surface area contributed by atoms with Gasteiger partial charge in [-0.05, 0) is 24.3 Å². The van der Waals surface area contributed by atoms with Crippen LogP contribution in [0.1, 0.15) is 10.5 Å². The lowest BCUT2D eigenvalue weighted by atomic mass is 10.1. The quantitative estimate of drug-likeness (QED) is 0.398. The Labute approximate surface area is 192 Å². The van der Waals surface area contributed by atoms with Crippen LogP contribution in [0.2, 0.25) is 0 Å². The maximum atomic E-state index is 14.8.